The second kappa shape index (κ2) is 11.6. The topological polar surface area (TPSA) is 108 Å². The summed E-state index contributed by atoms with van der Waals surface area (Å²) in [5.74, 6) is 2.52. The summed E-state index contributed by atoms with van der Waals surface area (Å²) >= 11 is 0. The molecule has 2 N–H and O–H groups in total. The Morgan fingerprint density at radius 1 is 1.25 bits per heavy atom. The molecule has 28 heavy (non-hydrogen) atoms. The predicted octanol–water partition coefficient (Wildman–Crippen LogP) is -0.309. The fourth-order valence-corrected chi connectivity index (χ4v) is 2.89. The third kappa shape index (κ3) is 7.08. The first kappa shape index (κ1) is 22.1. The largest absolute Gasteiger partial charge is 0.383 e. The van der Waals surface area contributed by atoms with Gasteiger partial charge >= 0.3 is 0 Å². The predicted molar refractivity (Wildman–Crippen MR) is 106 cm³/mol. The Morgan fingerprint density at radius 2 is 2.00 bits per heavy atom. The van der Waals surface area contributed by atoms with E-state index < -0.39 is 0 Å². The average molecular weight is 396 g/mol. The first-order valence-corrected chi connectivity index (χ1v) is 9.79. The first-order chi connectivity index (χ1) is 13.5. The highest BCUT2D eigenvalue weighted by Gasteiger charge is 2.21. The van der Waals surface area contributed by atoms with E-state index in [-0.39, 0.29) is 11.8 Å². The van der Waals surface area contributed by atoms with E-state index in [1.807, 2.05) is 13.8 Å². The van der Waals surface area contributed by atoms with Crippen molar-refractivity contribution < 1.29 is 14.1 Å². The number of ether oxygens (including phenoxy) is 1. The van der Waals surface area contributed by atoms with E-state index in [2.05, 4.69) is 35.6 Å². The number of nitrogens with zero attached hydrogens (tertiary/aromatic N) is 5. The van der Waals surface area contributed by atoms with E-state index in [1.54, 1.807) is 14.2 Å². The van der Waals surface area contributed by atoms with Crippen molar-refractivity contribution in [3.63, 3.8) is 0 Å². The summed E-state index contributed by atoms with van der Waals surface area (Å²) in [4.78, 5) is 25.0. The molecule has 1 aliphatic rings. The number of rotatable bonds is 9. The molecule has 1 fully saturated rings. The van der Waals surface area contributed by atoms with Crippen molar-refractivity contribution >= 4 is 11.9 Å². The third-order valence-electron chi connectivity index (χ3n) is 4.50. The lowest BCUT2D eigenvalue weighted by Gasteiger charge is -2.36. The number of nitrogens with one attached hydrogen (secondary N) is 2. The number of hydrogen-bond donors (Lipinski definition) is 2. The Labute approximate surface area is 166 Å². The van der Waals surface area contributed by atoms with Crippen molar-refractivity contribution in [2.45, 2.75) is 26.2 Å². The summed E-state index contributed by atoms with van der Waals surface area (Å²) in [6.45, 7) is 9.53. The lowest BCUT2D eigenvalue weighted by molar-refractivity contribution is -0.122. The Balaban J connectivity index is 1.68. The monoisotopic (exact) mass is 395 g/mol. The third-order valence-corrected chi connectivity index (χ3v) is 4.50. The number of methoxy groups -OCH3 is 1. The van der Waals surface area contributed by atoms with Crippen LogP contribution in [0, 0.1) is 0 Å². The molecule has 0 aromatic carbocycles. The molecular weight excluding hydrogens is 362 g/mol. The molecule has 2 heterocycles. The van der Waals surface area contributed by atoms with Gasteiger partial charge in [-0.1, -0.05) is 19.0 Å². The minimum Gasteiger partial charge on any atom is -0.383 e. The molecule has 0 spiro atoms. The molecule has 158 valence electrons. The van der Waals surface area contributed by atoms with Crippen LogP contribution in [-0.4, -0.2) is 98.4 Å². The van der Waals surface area contributed by atoms with Crippen molar-refractivity contribution in [2.75, 3.05) is 66.6 Å². The van der Waals surface area contributed by atoms with E-state index in [0.717, 1.165) is 38.0 Å². The summed E-state index contributed by atoms with van der Waals surface area (Å²) in [7, 11) is 3.40. The Bertz CT molecular complexity index is 624. The van der Waals surface area contributed by atoms with Crippen LogP contribution in [0.4, 0.5) is 0 Å². The SMILES string of the molecule is CN=C(NCCc1nc(C(C)C)no1)N1CCN(CC(=O)NCCOC)CC1. The summed E-state index contributed by atoms with van der Waals surface area (Å²) in [6.07, 6.45) is 0.653. The molecule has 0 aliphatic carbocycles. The maximum Gasteiger partial charge on any atom is 0.234 e. The second-order valence-electron chi connectivity index (χ2n) is 7.03. The van der Waals surface area contributed by atoms with Crippen LogP contribution in [0.1, 0.15) is 31.5 Å². The van der Waals surface area contributed by atoms with Gasteiger partial charge in [0.1, 0.15) is 0 Å². The van der Waals surface area contributed by atoms with E-state index in [1.165, 1.54) is 0 Å². The van der Waals surface area contributed by atoms with Crippen molar-refractivity contribution in [2.24, 2.45) is 4.99 Å². The van der Waals surface area contributed by atoms with Gasteiger partial charge in [0.25, 0.3) is 0 Å². The van der Waals surface area contributed by atoms with Crippen molar-refractivity contribution in [1.29, 1.82) is 0 Å². The second-order valence-corrected chi connectivity index (χ2v) is 7.03. The fraction of sp³-hybridized carbons (Fsp3) is 0.778. The average Bonchev–Trinajstić information content (AvgIpc) is 3.16. The van der Waals surface area contributed by atoms with Crippen LogP contribution in [0.25, 0.3) is 0 Å². The van der Waals surface area contributed by atoms with Crippen LogP contribution < -0.4 is 10.6 Å². The van der Waals surface area contributed by atoms with Crippen LogP contribution in [0.15, 0.2) is 9.52 Å². The molecule has 0 atom stereocenters. The van der Waals surface area contributed by atoms with Gasteiger partial charge in [0.05, 0.1) is 13.2 Å². The highest BCUT2D eigenvalue weighted by molar-refractivity contribution is 5.80. The molecule has 10 nitrogen and oxygen atoms in total. The van der Waals surface area contributed by atoms with E-state index in [4.69, 9.17) is 9.26 Å². The Hall–Kier alpha value is -2.20. The van der Waals surface area contributed by atoms with Crippen LogP contribution in [0.2, 0.25) is 0 Å². The van der Waals surface area contributed by atoms with Gasteiger partial charge in [0, 0.05) is 65.8 Å². The zero-order valence-electron chi connectivity index (χ0n) is 17.4. The maximum absolute atomic E-state index is 11.9. The van der Waals surface area contributed by atoms with Crippen molar-refractivity contribution in [3.8, 4) is 0 Å². The quantitative estimate of drug-likeness (QED) is 0.333. The van der Waals surface area contributed by atoms with Gasteiger partial charge in [-0.15, -0.1) is 0 Å². The molecule has 0 bridgehead atoms. The van der Waals surface area contributed by atoms with Gasteiger partial charge < -0.3 is 24.8 Å². The van der Waals surface area contributed by atoms with Gasteiger partial charge in [0.2, 0.25) is 11.8 Å². The number of amides is 1. The van der Waals surface area contributed by atoms with Crippen molar-refractivity contribution in [1.82, 2.24) is 30.6 Å². The summed E-state index contributed by atoms with van der Waals surface area (Å²) in [5, 5.41) is 10.2. The number of hydrogen-bond acceptors (Lipinski definition) is 7. The molecule has 1 aromatic heterocycles. The molecule has 1 saturated heterocycles. The van der Waals surface area contributed by atoms with E-state index >= 15 is 0 Å². The number of aromatic nitrogens is 2. The maximum atomic E-state index is 11.9. The van der Waals surface area contributed by atoms with Crippen LogP contribution in [0.5, 0.6) is 0 Å². The number of carbonyl (C=O) groups excluding carboxylic acids is 1. The Morgan fingerprint density at radius 3 is 2.61 bits per heavy atom. The van der Waals surface area contributed by atoms with Crippen LogP contribution in [0.3, 0.4) is 0 Å². The molecule has 1 amide bonds. The minimum atomic E-state index is 0.0355. The van der Waals surface area contributed by atoms with Gasteiger partial charge in [-0.05, 0) is 0 Å². The number of guanidine groups is 1. The first-order valence-electron chi connectivity index (χ1n) is 9.79. The van der Waals surface area contributed by atoms with E-state index in [9.17, 15) is 4.79 Å². The highest BCUT2D eigenvalue weighted by atomic mass is 16.5. The summed E-state index contributed by atoms with van der Waals surface area (Å²) in [6, 6.07) is 0. The molecule has 10 heteroatoms. The summed E-state index contributed by atoms with van der Waals surface area (Å²) in [5.41, 5.74) is 0. The van der Waals surface area contributed by atoms with Gasteiger partial charge in [-0.3, -0.25) is 14.7 Å². The normalized spacial score (nSPS) is 15.9. The van der Waals surface area contributed by atoms with E-state index in [0.29, 0.717) is 38.6 Å². The van der Waals surface area contributed by atoms with Gasteiger partial charge in [-0.2, -0.15) is 4.98 Å². The molecule has 1 aromatic rings. The number of piperazine rings is 1. The molecule has 0 saturated carbocycles. The van der Waals surface area contributed by atoms with Crippen molar-refractivity contribution in [3.05, 3.63) is 11.7 Å². The van der Waals surface area contributed by atoms with Gasteiger partial charge in [-0.25, -0.2) is 0 Å². The smallest absolute Gasteiger partial charge is 0.234 e. The molecule has 2 rings (SSSR count). The lowest BCUT2D eigenvalue weighted by atomic mass is 10.2. The minimum absolute atomic E-state index is 0.0355. The molecule has 0 unspecified atom stereocenters. The van der Waals surface area contributed by atoms with Crippen LogP contribution >= 0.6 is 0 Å². The van der Waals surface area contributed by atoms with Gasteiger partial charge in [0.15, 0.2) is 11.8 Å². The Kier molecular flexibility index (Phi) is 9.15. The van der Waals surface area contributed by atoms with Crippen LogP contribution in [-0.2, 0) is 16.0 Å². The number of aliphatic imine (C=N–C) groups is 1. The fourth-order valence-electron chi connectivity index (χ4n) is 2.89. The standard InChI is InChI=1S/C18H33N7O3/c1-14(2)17-22-16(28-23-17)5-6-21-18(19-3)25-10-8-24(9-11-25)13-15(26)20-7-12-27-4/h14H,5-13H2,1-4H3,(H,19,21)(H,20,26). The number of carbonyl (C=O) groups is 1. The highest BCUT2D eigenvalue weighted by Crippen LogP contribution is 2.09. The zero-order chi connectivity index (χ0) is 20.4. The summed E-state index contributed by atoms with van der Waals surface area (Å²) < 4.78 is 10.2. The molecular formula is C18H33N7O3. The lowest BCUT2D eigenvalue weighted by Crippen LogP contribution is -2.54. The zero-order valence-corrected chi connectivity index (χ0v) is 17.4. The molecule has 1 aliphatic heterocycles. The molecule has 0 radical (unpaired) electrons.